The third-order valence-corrected chi connectivity index (χ3v) is 6.84. The Balaban J connectivity index is 1.32. The zero-order valence-electron chi connectivity index (χ0n) is 16.5. The van der Waals surface area contributed by atoms with Crippen molar-refractivity contribution in [2.24, 2.45) is 5.92 Å². The van der Waals surface area contributed by atoms with Crippen molar-refractivity contribution in [2.45, 2.75) is 31.8 Å². The van der Waals surface area contributed by atoms with Crippen LogP contribution in [-0.4, -0.2) is 40.0 Å². The lowest BCUT2D eigenvalue weighted by atomic mass is 9.79. The van der Waals surface area contributed by atoms with Crippen LogP contribution in [0.15, 0.2) is 59.3 Å². The summed E-state index contributed by atoms with van der Waals surface area (Å²) in [5.74, 6) is 1.44. The van der Waals surface area contributed by atoms with Gasteiger partial charge >= 0.3 is 0 Å². The van der Waals surface area contributed by atoms with Crippen LogP contribution in [0.25, 0.3) is 33.1 Å². The van der Waals surface area contributed by atoms with E-state index in [2.05, 4.69) is 51.4 Å². The normalized spacial score (nSPS) is 26.2. The molecule has 5 heterocycles. The van der Waals surface area contributed by atoms with Crippen molar-refractivity contribution < 1.29 is 4.42 Å². The SMILES string of the molecule is C[C@@H]1[C@H](Nc2ncc(-c3cccc4c3oc3ccccc34)cn2)C2CCN1CC2. The van der Waals surface area contributed by atoms with Crippen LogP contribution in [0.5, 0.6) is 0 Å². The third kappa shape index (κ3) is 2.72. The number of hydrogen-bond donors (Lipinski definition) is 1. The zero-order chi connectivity index (χ0) is 19.4. The number of hydrogen-bond acceptors (Lipinski definition) is 5. The van der Waals surface area contributed by atoms with Crippen LogP contribution in [0.2, 0.25) is 0 Å². The van der Waals surface area contributed by atoms with Gasteiger partial charge in [0.25, 0.3) is 0 Å². The highest BCUT2D eigenvalue weighted by Crippen LogP contribution is 2.36. The molecule has 3 fully saturated rings. The molecular weight excluding hydrogens is 360 g/mol. The van der Waals surface area contributed by atoms with Gasteiger partial charge in [0, 0.05) is 46.4 Å². The first kappa shape index (κ1) is 17.0. The molecule has 0 aliphatic carbocycles. The molecule has 0 saturated carbocycles. The predicted molar refractivity (Wildman–Crippen MR) is 116 cm³/mol. The Bertz CT molecular complexity index is 1170. The number of nitrogens with zero attached hydrogens (tertiary/aromatic N) is 3. The molecule has 2 atom stereocenters. The minimum absolute atomic E-state index is 0.433. The summed E-state index contributed by atoms with van der Waals surface area (Å²) < 4.78 is 6.16. The smallest absolute Gasteiger partial charge is 0.222 e. The molecule has 4 aromatic rings. The number of rotatable bonds is 3. The van der Waals surface area contributed by atoms with Gasteiger partial charge in [-0.25, -0.2) is 9.97 Å². The fourth-order valence-corrected chi connectivity index (χ4v) is 5.21. The second-order valence-corrected chi connectivity index (χ2v) is 8.36. The highest BCUT2D eigenvalue weighted by atomic mass is 16.3. The average Bonchev–Trinajstić information content (AvgIpc) is 3.16. The maximum Gasteiger partial charge on any atom is 0.222 e. The number of furan rings is 1. The summed E-state index contributed by atoms with van der Waals surface area (Å²) in [5, 5.41) is 5.88. The quantitative estimate of drug-likeness (QED) is 0.542. The van der Waals surface area contributed by atoms with E-state index in [4.69, 9.17) is 4.42 Å². The first-order valence-electron chi connectivity index (χ1n) is 10.5. The number of nitrogens with one attached hydrogen (secondary N) is 1. The fraction of sp³-hybridized carbons (Fsp3) is 0.333. The van der Waals surface area contributed by atoms with Gasteiger partial charge in [-0.1, -0.05) is 36.4 Å². The van der Waals surface area contributed by atoms with Gasteiger partial charge in [0.1, 0.15) is 11.2 Å². The van der Waals surface area contributed by atoms with Crippen LogP contribution in [0.1, 0.15) is 19.8 Å². The number of fused-ring (bicyclic) bond motifs is 6. The van der Waals surface area contributed by atoms with Crippen molar-refractivity contribution in [1.82, 2.24) is 14.9 Å². The third-order valence-electron chi connectivity index (χ3n) is 6.84. The number of anilines is 1. The lowest BCUT2D eigenvalue weighted by Gasteiger charge is -2.49. The number of aromatic nitrogens is 2. The van der Waals surface area contributed by atoms with Crippen molar-refractivity contribution >= 4 is 27.9 Å². The Morgan fingerprint density at radius 1 is 0.966 bits per heavy atom. The second kappa shape index (κ2) is 6.56. The minimum atomic E-state index is 0.433. The molecule has 2 aromatic carbocycles. The van der Waals surface area contributed by atoms with Crippen LogP contribution in [-0.2, 0) is 0 Å². The Morgan fingerprint density at radius 2 is 1.72 bits per heavy atom. The van der Waals surface area contributed by atoms with Gasteiger partial charge in [0.15, 0.2) is 0 Å². The van der Waals surface area contributed by atoms with Gasteiger partial charge in [-0.15, -0.1) is 0 Å². The summed E-state index contributed by atoms with van der Waals surface area (Å²) in [4.78, 5) is 11.9. The van der Waals surface area contributed by atoms with E-state index in [1.165, 1.54) is 25.9 Å². The molecule has 2 aromatic heterocycles. The van der Waals surface area contributed by atoms with Gasteiger partial charge in [0.05, 0.1) is 0 Å². The summed E-state index contributed by atoms with van der Waals surface area (Å²) in [6.45, 7) is 4.77. The van der Waals surface area contributed by atoms with Gasteiger partial charge in [-0.05, 0) is 44.8 Å². The number of piperidine rings is 3. The topological polar surface area (TPSA) is 54.2 Å². The summed E-state index contributed by atoms with van der Waals surface area (Å²) in [6, 6.07) is 15.4. The molecule has 0 unspecified atom stereocenters. The summed E-state index contributed by atoms with van der Waals surface area (Å²) in [6.07, 6.45) is 6.36. The molecule has 146 valence electrons. The standard InChI is InChI=1S/C24H24N4O/c1-15-22(16-9-11-28(15)12-10-16)27-24-25-13-17(14-26-24)18-6-4-7-20-19-5-2-3-8-21(19)29-23(18)20/h2-8,13-16,22H,9-12H2,1H3,(H,25,26,27)/t15-,22+/m1/s1. The predicted octanol–water partition coefficient (Wildman–Crippen LogP) is 4.94. The number of benzene rings is 2. The van der Waals surface area contributed by atoms with Crippen molar-refractivity contribution in [3.8, 4) is 11.1 Å². The fourth-order valence-electron chi connectivity index (χ4n) is 5.21. The van der Waals surface area contributed by atoms with E-state index in [1.54, 1.807) is 0 Å². The van der Waals surface area contributed by atoms with Crippen LogP contribution in [0.4, 0.5) is 5.95 Å². The van der Waals surface area contributed by atoms with Crippen LogP contribution < -0.4 is 5.32 Å². The molecule has 0 spiro atoms. The van der Waals surface area contributed by atoms with E-state index in [0.29, 0.717) is 12.1 Å². The van der Waals surface area contributed by atoms with Crippen LogP contribution in [0.3, 0.4) is 0 Å². The van der Waals surface area contributed by atoms with Crippen molar-refractivity contribution in [3.05, 3.63) is 54.9 Å². The highest BCUT2D eigenvalue weighted by molar-refractivity contribution is 6.09. The van der Waals surface area contributed by atoms with E-state index in [-0.39, 0.29) is 0 Å². The monoisotopic (exact) mass is 384 g/mol. The molecule has 0 amide bonds. The minimum Gasteiger partial charge on any atom is -0.455 e. The van der Waals surface area contributed by atoms with Gasteiger partial charge in [-0.2, -0.15) is 0 Å². The van der Waals surface area contributed by atoms with Gasteiger partial charge < -0.3 is 9.73 Å². The maximum absolute atomic E-state index is 6.16. The zero-order valence-corrected chi connectivity index (χ0v) is 16.5. The van der Waals surface area contributed by atoms with E-state index in [0.717, 1.165) is 44.9 Å². The van der Waals surface area contributed by atoms with Crippen molar-refractivity contribution in [1.29, 1.82) is 0 Å². The van der Waals surface area contributed by atoms with E-state index in [9.17, 15) is 0 Å². The Hall–Kier alpha value is -2.92. The Morgan fingerprint density at radius 3 is 2.52 bits per heavy atom. The molecule has 5 heteroatoms. The maximum atomic E-state index is 6.16. The molecule has 2 bridgehead atoms. The molecule has 3 saturated heterocycles. The van der Waals surface area contributed by atoms with Crippen molar-refractivity contribution in [3.63, 3.8) is 0 Å². The van der Waals surface area contributed by atoms with Crippen molar-refractivity contribution in [2.75, 3.05) is 18.4 Å². The lowest BCUT2D eigenvalue weighted by Crippen LogP contribution is -2.59. The molecule has 5 nitrogen and oxygen atoms in total. The molecule has 3 aliphatic rings. The summed E-state index contributed by atoms with van der Waals surface area (Å²) in [5.41, 5.74) is 3.80. The largest absolute Gasteiger partial charge is 0.455 e. The second-order valence-electron chi connectivity index (χ2n) is 8.36. The summed E-state index contributed by atoms with van der Waals surface area (Å²) in [7, 11) is 0. The van der Waals surface area contributed by atoms with Gasteiger partial charge in [-0.3, -0.25) is 4.90 Å². The molecular formula is C24H24N4O. The molecule has 7 rings (SSSR count). The lowest BCUT2D eigenvalue weighted by molar-refractivity contribution is 0.0455. The molecule has 29 heavy (non-hydrogen) atoms. The summed E-state index contributed by atoms with van der Waals surface area (Å²) >= 11 is 0. The van der Waals surface area contributed by atoms with Gasteiger partial charge in [0.2, 0.25) is 5.95 Å². The van der Waals surface area contributed by atoms with E-state index in [1.807, 2.05) is 30.6 Å². The van der Waals surface area contributed by atoms with E-state index < -0.39 is 0 Å². The molecule has 1 N–H and O–H groups in total. The van der Waals surface area contributed by atoms with Crippen LogP contribution >= 0.6 is 0 Å². The number of para-hydroxylation sites is 2. The van der Waals surface area contributed by atoms with Crippen LogP contribution in [0, 0.1) is 5.92 Å². The molecule has 3 aliphatic heterocycles. The average molecular weight is 384 g/mol. The highest BCUT2D eigenvalue weighted by Gasteiger charge is 2.39. The Kier molecular flexibility index (Phi) is 3.84. The Labute approximate surface area is 169 Å². The first-order chi connectivity index (χ1) is 14.3. The molecule has 0 radical (unpaired) electrons. The van der Waals surface area contributed by atoms with E-state index >= 15 is 0 Å². The first-order valence-corrected chi connectivity index (χ1v) is 10.5.